The molecule has 2 aromatic rings. The third-order valence-electron chi connectivity index (χ3n) is 4.06. The van der Waals surface area contributed by atoms with Crippen LogP contribution in [0.15, 0.2) is 73.1 Å². The number of nitrogens with zero attached hydrogens (tertiary/aromatic N) is 1. The molecule has 0 spiro atoms. The van der Waals surface area contributed by atoms with Gasteiger partial charge in [-0.25, -0.2) is 14.5 Å². The zero-order chi connectivity index (χ0) is 22.3. The number of hydrogen-bond donors (Lipinski definition) is 1. The largest absolute Gasteiger partial charge is 0.465 e. The number of carbonyl (C=O) groups excluding carboxylic acids is 4. The second kappa shape index (κ2) is 9.83. The van der Waals surface area contributed by atoms with E-state index >= 15 is 0 Å². The van der Waals surface area contributed by atoms with E-state index in [1.54, 1.807) is 0 Å². The van der Waals surface area contributed by atoms with Gasteiger partial charge in [-0.2, -0.15) is 0 Å². The monoisotopic (exact) mass is 408 g/mol. The zero-order valence-electron chi connectivity index (χ0n) is 16.5. The van der Waals surface area contributed by atoms with Gasteiger partial charge in [0.1, 0.15) is 5.82 Å². The Morgan fingerprint density at radius 2 is 1.10 bits per heavy atom. The number of amides is 2. The van der Waals surface area contributed by atoms with E-state index in [9.17, 15) is 19.2 Å². The molecule has 2 amide bonds. The molecule has 0 radical (unpaired) electrons. The fraction of sp³-hybridized carbons (Fsp3) is 0.0909. The summed E-state index contributed by atoms with van der Waals surface area (Å²) in [4.78, 5) is 49.9. The van der Waals surface area contributed by atoms with E-state index in [2.05, 4.69) is 16.1 Å². The molecule has 8 nitrogen and oxygen atoms in total. The summed E-state index contributed by atoms with van der Waals surface area (Å²) in [7, 11) is 2.49. The first kappa shape index (κ1) is 22.1. The van der Waals surface area contributed by atoms with Crippen molar-refractivity contribution in [3.63, 3.8) is 0 Å². The van der Waals surface area contributed by atoms with Crippen LogP contribution in [0.4, 0.5) is 0 Å². The summed E-state index contributed by atoms with van der Waals surface area (Å²) in [6.45, 7) is 3.52. The molecule has 0 aliphatic heterocycles. The molecule has 8 heteroatoms. The smallest absolute Gasteiger partial charge is 0.337 e. The average Bonchev–Trinajstić information content (AvgIpc) is 2.78. The number of ether oxygens (including phenoxy) is 2. The highest BCUT2D eigenvalue weighted by molar-refractivity contribution is 6.12. The standard InChI is InChI=1S/C22H20N2O6/c1-4-5-18(23)24(19(25)14-6-10-16(11-7-14)21(27)29-2)20(26)15-8-12-17(13-9-15)22(28)30-3/h4-13H,1,23H2,2-3H3. The topological polar surface area (TPSA) is 116 Å². The van der Waals surface area contributed by atoms with E-state index in [1.807, 2.05) is 0 Å². The third-order valence-corrected chi connectivity index (χ3v) is 4.06. The molecule has 0 heterocycles. The van der Waals surface area contributed by atoms with Crippen LogP contribution < -0.4 is 5.73 Å². The van der Waals surface area contributed by atoms with Crippen molar-refractivity contribution in [1.29, 1.82) is 0 Å². The molecule has 2 aromatic carbocycles. The number of imide groups is 1. The van der Waals surface area contributed by atoms with Crippen LogP contribution in [-0.4, -0.2) is 42.9 Å². The van der Waals surface area contributed by atoms with Crippen molar-refractivity contribution in [1.82, 2.24) is 4.90 Å². The van der Waals surface area contributed by atoms with Gasteiger partial charge in [0.25, 0.3) is 11.8 Å². The first-order valence-corrected chi connectivity index (χ1v) is 8.67. The van der Waals surface area contributed by atoms with Crippen molar-refractivity contribution in [2.75, 3.05) is 14.2 Å². The zero-order valence-corrected chi connectivity index (χ0v) is 16.5. The van der Waals surface area contributed by atoms with Gasteiger partial charge in [-0.1, -0.05) is 12.7 Å². The Balaban J connectivity index is 2.40. The van der Waals surface area contributed by atoms with E-state index in [0.717, 1.165) is 4.90 Å². The van der Waals surface area contributed by atoms with Crippen LogP contribution >= 0.6 is 0 Å². The highest BCUT2D eigenvalue weighted by Crippen LogP contribution is 2.16. The molecule has 0 fully saturated rings. The molecule has 0 saturated heterocycles. The van der Waals surface area contributed by atoms with Crippen molar-refractivity contribution in [2.24, 2.45) is 5.73 Å². The molecule has 0 unspecified atom stereocenters. The van der Waals surface area contributed by atoms with E-state index in [1.165, 1.54) is 74.9 Å². The first-order chi connectivity index (χ1) is 14.3. The minimum absolute atomic E-state index is 0.127. The minimum atomic E-state index is -0.705. The number of carbonyl (C=O) groups is 4. The van der Waals surface area contributed by atoms with Crippen LogP contribution in [-0.2, 0) is 9.47 Å². The van der Waals surface area contributed by atoms with Crippen molar-refractivity contribution in [3.8, 4) is 0 Å². The Morgan fingerprint density at radius 1 is 0.767 bits per heavy atom. The summed E-state index contributed by atoms with van der Waals surface area (Å²) in [5.74, 6) is -2.67. The fourth-order valence-corrected chi connectivity index (χ4v) is 2.51. The summed E-state index contributed by atoms with van der Waals surface area (Å²) in [5, 5.41) is 0. The molecular formula is C22H20N2O6. The predicted molar refractivity (Wildman–Crippen MR) is 109 cm³/mol. The second-order valence-corrected chi connectivity index (χ2v) is 5.91. The van der Waals surface area contributed by atoms with Gasteiger partial charge in [-0.3, -0.25) is 9.59 Å². The molecule has 0 bridgehead atoms. The van der Waals surface area contributed by atoms with Crippen molar-refractivity contribution in [2.45, 2.75) is 0 Å². The summed E-state index contributed by atoms with van der Waals surface area (Å²) in [6.07, 6.45) is 2.64. The Morgan fingerprint density at radius 3 is 1.40 bits per heavy atom. The Kier molecular flexibility index (Phi) is 7.24. The van der Waals surface area contributed by atoms with Gasteiger partial charge in [-0.15, -0.1) is 0 Å². The van der Waals surface area contributed by atoms with Crippen LogP contribution in [0.5, 0.6) is 0 Å². The van der Waals surface area contributed by atoms with Gasteiger partial charge >= 0.3 is 11.9 Å². The molecule has 0 aliphatic rings. The number of rotatable bonds is 6. The molecule has 0 aromatic heterocycles. The molecule has 154 valence electrons. The van der Waals surface area contributed by atoms with E-state index in [4.69, 9.17) is 5.73 Å². The van der Waals surface area contributed by atoms with Crippen molar-refractivity contribution < 1.29 is 28.7 Å². The van der Waals surface area contributed by atoms with Gasteiger partial charge in [0, 0.05) is 11.1 Å². The normalized spacial score (nSPS) is 10.7. The highest BCUT2D eigenvalue weighted by atomic mass is 16.5. The molecule has 0 saturated carbocycles. The van der Waals surface area contributed by atoms with Crippen LogP contribution in [0, 0.1) is 0 Å². The minimum Gasteiger partial charge on any atom is -0.465 e. The SMILES string of the molecule is C=CC=C(N)N(C(=O)c1ccc(C(=O)OC)cc1)C(=O)c1ccc(C(=O)OC)cc1. The molecular weight excluding hydrogens is 388 g/mol. The summed E-state index contributed by atoms with van der Waals surface area (Å²) >= 11 is 0. The lowest BCUT2D eigenvalue weighted by Crippen LogP contribution is -2.39. The molecule has 30 heavy (non-hydrogen) atoms. The number of methoxy groups -OCH3 is 2. The number of hydrogen-bond acceptors (Lipinski definition) is 7. The number of benzene rings is 2. The van der Waals surface area contributed by atoms with Gasteiger partial charge in [-0.05, 0) is 54.6 Å². The van der Waals surface area contributed by atoms with Crippen LogP contribution in [0.2, 0.25) is 0 Å². The molecule has 0 atom stereocenters. The van der Waals surface area contributed by atoms with Gasteiger partial charge < -0.3 is 15.2 Å². The Labute approximate surface area is 173 Å². The maximum atomic E-state index is 13.0. The average molecular weight is 408 g/mol. The lowest BCUT2D eigenvalue weighted by atomic mass is 10.1. The van der Waals surface area contributed by atoms with Crippen LogP contribution in [0.25, 0.3) is 0 Å². The van der Waals surface area contributed by atoms with Crippen LogP contribution in [0.3, 0.4) is 0 Å². The lowest BCUT2D eigenvalue weighted by Gasteiger charge is -2.21. The van der Waals surface area contributed by atoms with E-state index in [0.29, 0.717) is 0 Å². The van der Waals surface area contributed by atoms with Gasteiger partial charge in [0.2, 0.25) is 0 Å². The quantitative estimate of drug-likeness (QED) is 0.443. The van der Waals surface area contributed by atoms with E-state index in [-0.39, 0.29) is 28.1 Å². The van der Waals surface area contributed by atoms with Gasteiger partial charge in [0.15, 0.2) is 0 Å². The van der Waals surface area contributed by atoms with Gasteiger partial charge in [0.05, 0.1) is 25.3 Å². The molecule has 0 aliphatic carbocycles. The maximum absolute atomic E-state index is 13.0. The predicted octanol–water partition coefficient (Wildman–Crippen LogP) is 2.53. The number of esters is 2. The van der Waals surface area contributed by atoms with Crippen LogP contribution in [0.1, 0.15) is 41.4 Å². The summed E-state index contributed by atoms with van der Waals surface area (Å²) < 4.78 is 9.25. The second-order valence-electron chi connectivity index (χ2n) is 5.91. The summed E-state index contributed by atoms with van der Waals surface area (Å²) in [5.41, 5.74) is 6.68. The number of nitrogens with two attached hydrogens (primary N) is 1. The van der Waals surface area contributed by atoms with E-state index < -0.39 is 23.8 Å². The Bertz CT molecular complexity index is 935. The Hall–Kier alpha value is -4.20. The molecule has 2 N–H and O–H groups in total. The highest BCUT2D eigenvalue weighted by Gasteiger charge is 2.26. The van der Waals surface area contributed by atoms with Crippen molar-refractivity contribution >= 4 is 23.8 Å². The first-order valence-electron chi connectivity index (χ1n) is 8.67. The maximum Gasteiger partial charge on any atom is 0.337 e. The molecule has 2 rings (SSSR count). The fourth-order valence-electron chi connectivity index (χ4n) is 2.51. The third kappa shape index (κ3) is 4.79. The number of allylic oxidation sites excluding steroid dienone is 2. The van der Waals surface area contributed by atoms with Crippen molar-refractivity contribution in [3.05, 3.63) is 95.3 Å². The summed E-state index contributed by atoms with van der Waals surface area (Å²) in [6, 6.07) is 11.2. The lowest BCUT2D eigenvalue weighted by molar-refractivity contribution is 0.0592.